The SMILES string of the molecule is O=C(NCc1ccc2c(c1)OCO2)C1CSC(C2CCCCC2)N1C(=O)c1ccc(Cl)cc1Cl. The second-order valence-electron chi connectivity index (χ2n) is 8.88. The molecule has 2 atom stereocenters. The van der Waals surface area contributed by atoms with Gasteiger partial charge in [-0.05, 0) is 54.7 Å². The van der Waals surface area contributed by atoms with Crippen LogP contribution in [0.3, 0.4) is 0 Å². The molecule has 0 spiro atoms. The fourth-order valence-electron chi connectivity index (χ4n) is 4.93. The van der Waals surface area contributed by atoms with Crippen LogP contribution in [-0.4, -0.2) is 40.7 Å². The summed E-state index contributed by atoms with van der Waals surface area (Å²) in [7, 11) is 0. The van der Waals surface area contributed by atoms with Crippen molar-refractivity contribution in [1.82, 2.24) is 10.2 Å². The van der Waals surface area contributed by atoms with Crippen molar-refractivity contribution in [3.8, 4) is 11.5 Å². The Kier molecular flexibility index (Phi) is 7.14. The normalized spacial score (nSPS) is 22.1. The van der Waals surface area contributed by atoms with Crippen LogP contribution >= 0.6 is 35.0 Å². The number of carbonyl (C=O) groups excluding carboxylic acids is 2. The third-order valence-electron chi connectivity index (χ3n) is 6.69. The van der Waals surface area contributed by atoms with Crippen LogP contribution in [0.25, 0.3) is 0 Å². The summed E-state index contributed by atoms with van der Waals surface area (Å²) in [5, 5.41) is 3.75. The van der Waals surface area contributed by atoms with E-state index in [0.29, 0.717) is 45.3 Å². The summed E-state index contributed by atoms with van der Waals surface area (Å²) in [5.41, 5.74) is 1.29. The van der Waals surface area contributed by atoms with Crippen LogP contribution < -0.4 is 14.8 Å². The van der Waals surface area contributed by atoms with E-state index in [1.807, 2.05) is 18.2 Å². The average molecular weight is 521 g/mol. The highest BCUT2D eigenvalue weighted by Gasteiger charge is 2.45. The minimum Gasteiger partial charge on any atom is -0.454 e. The molecule has 0 bridgehead atoms. The number of nitrogens with one attached hydrogen (secondary N) is 1. The Labute approximate surface area is 213 Å². The maximum atomic E-state index is 13.7. The summed E-state index contributed by atoms with van der Waals surface area (Å²) in [4.78, 5) is 28.8. The molecule has 3 aliphatic rings. The van der Waals surface area contributed by atoms with Gasteiger partial charge in [0.2, 0.25) is 12.7 Å². The number of thioether (sulfide) groups is 1. The van der Waals surface area contributed by atoms with E-state index in [2.05, 4.69) is 5.32 Å². The van der Waals surface area contributed by atoms with Crippen molar-refractivity contribution in [2.45, 2.75) is 50.1 Å². The van der Waals surface area contributed by atoms with E-state index < -0.39 is 6.04 Å². The Balaban J connectivity index is 1.35. The molecule has 2 amide bonds. The second kappa shape index (κ2) is 10.3. The van der Waals surface area contributed by atoms with Gasteiger partial charge in [-0.25, -0.2) is 0 Å². The first-order valence-electron chi connectivity index (χ1n) is 11.6. The van der Waals surface area contributed by atoms with Crippen LogP contribution in [0.2, 0.25) is 10.0 Å². The molecular formula is C25H26Cl2N2O4S. The summed E-state index contributed by atoms with van der Waals surface area (Å²) in [6, 6.07) is 9.93. The van der Waals surface area contributed by atoms with Crippen molar-refractivity contribution in [3.05, 3.63) is 57.6 Å². The quantitative estimate of drug-likeness (QED) is 0.563. The zero-order valence-electron chi connectivity index (χ0n) is 18.6. The molecule has 2 aliphatic heterocycles. The number of nitrogens with zero attached hydrogens (tertiary/aromatic N) is 1. The fraction of sp³-hybridized carbons (Fsp3) is 0.440. The van der Waals surface area contributed by atoms with Crippen molar-refractivity contribution in [2.24, 2.45) is 5.92 Å². The number of rotatable bonds is 5. The Morgan fingerprint density at radius 1 is 1.03 bits per heavy atom. The van der Waals surface area contributed by atoms with Crippen molar-refractivity contribution in [2.75, 3.05) is 12.5 Å². The van der Waals surface area contributed by atoms with Gasteiger partial charge in [0.15, 0.2) is 11.5 Å². The van der Waals surface area contributed by atoms with E-state index in [1.165, 1.54) is 6.42 Å². The molecule has 1 saturated heterocycles. The molecule has 9 heteroatoms. The Hall–Kier alpha value is -2.09. The molecule has 2 unspecified atom stereocenters. The summed E-state index contributed by atoms with van der Waals surface area (Å²) in [6.07, 6.45) is 5.69. The number of carbonyl (C=O) groups is 2. The minimum absolute atomic E-state index is 0.0409. The van der Waals surface area contributed by atoms with E-state index >= 15 is 0 Å². The van der Waals surface area contributed by atoms with Gasteiger partial charge in [0.1, 0.15) is 6.04 Å². The molecule has 6 nitrogen and oxygen atoms in total. The minimum atomic E-state index is -0.565. The lowest BCUT2D eigenvalue weighted by molar-refractivity contribution is -0.125. The molecule has 1 aliphatic carbocycles. The molecule has 1 saturated carbocycles. The van der Waals surface area contributed by atoms with E-state index in [1.54, 1.807) is 34.9 Å². The summed E-state index contributed by atoms with van der Waals surface area (Å²) >= 11 is 14.1. The van der Waals surface area contributed by atoms with Crippen molar-refractivity contribution < 1.29 is 19.1 Å². The molecular weight excluding hydrogens is 495 g/mol. The van der Waals surface area contributed by atoms with Gasteiger partial charge < -0.3 is 19.7 Å². The molecule has 0 aromatic heterocycles. The number of hydrogen-bond acceptors (Lipinski definition) is 5. The topological polar surface area (TPSA) is 67.9 Å². The van der Waals surface area contributed by atoms with E-state index in [4.69, 9.17) is 32.7 Å². The van der Waals surface area contributed by atoms with Crippen LogP contribution in [0.4, 0.5) is 0 Å². The summed E-state index contributed by atoms with van der Waals surface area (Å²) < 4.78 is 10.8. The zero-order valence-corrected chi connectivity index (χ0v) is 20.9. The standard InChI is InChI=1S/C25H26Cl2N2O4S/c26-17-7-8-18(19(27)11-17)24(31)29-20(13-34-25(29)16-4-2-1-3-5-16)23(30)28-12-15-6-9-21-22(10-15)33-14-32-21/h6-11,16,20,25H,1-5,12-14H2,(H,28,30). The molecule has 5 rings (SSSR count). The van der Waals surface area contributed by atoms with Crippen LogP contribution in [0.15, 0.2) is 36.4 Å². The number of halogens is 2. The third-order valence-corrected chi connectivity index (χ3v) is 8.70. The van der Waals surface area contributed by atoms with Gasteiger partial charge in [0, 0.05) is 17.3 Å². The summed E-state index contributed by atoms with van der Waals surface area (Å²) in [5.74, 6) is 1.93. The fourth-order valence-corrected chi connectivity index (χ4v) is 7.06. The number of ether oxygens (including phenoxy) is 2. The third kappa shape index (κ3) is 4.83. The van der Waals surface area contributed by atoms with Gasteiger partial charge in [0.05, 0.1) is 16.0 Å². The second-order valence-corrected chi connectivity index (χ2v) is 10.9. The van der Waals surface area contributed by atoms with Gasteiger partial charge in [0.25, 0.3) is 5.91 Å². The Morgan fingerprint density at radius 3 is 2.62 bits per heavy atom. The number of benzene rings is 2. The summed E-state index contributed by atoms with van der Waals surface area (Å²) in [6.45, 7) is 0.547. The number of fused-ring (bicyclic) bond motifs is 1. The molecule has 0 radical (unpaired) electrons. The molecule has 2 aromatic rings. The molecule has 2 aromatic carbocycles. The molecule has 2 heterocycles. The Bertz CT molecular complexity index is 1090. The van der Waals surface area contributed by atoms with Crippen LogP contribution in [0, 0.1) is 5.92 Å². The maximum Gasteiger partial charge on any atom is 0.256 e. The van der Waals surface area contributed by atoms with Gasteiger partial charge in [-0.15, -0.1) is 11.8 Å². The number of amides is 2. The monoisotopic (exact) mass is 520 g/mol. The van der Waals surface area contributed by atoms with Gasteiger partial charge in [-0.2, -0.15) is 0 Å². The first kappa shape index (κ1) is 23.6. The van der Waals surface area contributed by atoms with E-state index in [0.717, 1.165) is 31.2 Å². The maximum absolute atomic E-state index is 13.7. The highest BCUT2D eigenvalue weighted by Crippen LogP contribution is 2.42. The van der Waals surface area contributed by atoms with Gasteiger partial charge >= 0.3 is 0 Å². The predicted octanol–water partition coefficient (Wildman–Crippen LogP) is 5.50. The molecule has 1 N–H and O–H groups in total. The van der Waals surface area contributed by atoms with Crippen LogP contribution in [0.1, 0.15) is 48.0 Å². The number of hydrogen-bond donors (Lipinski definition) is 1. The van der Waals surface area contributed by atoms with Crippen molar-refractivity contribution >= 4 is 46.8 Å². The highest BCUT2D eigenvalue weighted by atomic mass is 35.5. The van der Waals surface area contributed by atoms with Gasteiger partial charge in [-0.3, -0.25) is 9.59 Å². The van der Waals surface area contributed by atoms with Crippen LogP contribution in [0.5, 0.6) is 11.5 Å². The van der Waals surface area contributed by atoms with Crippen molar-refractivity contribution in [1.29, 1.82) is 0 Å². The average Bonchev–Trinajstić information content (AvgIpc) is 3.49. The lowest BCUT2D eigenvalue weighted by atomic mass is 9.88. The lowest BCUT2D eigenvalue weighted by Gasteiger charge is -2.35. The highest BCUT2D eigenvalue weighted by molar-refractivity contribution is 8.00. The first-order valence-corrected chi connectivity index (χ1v) is 13.4. The van der Waals surface area contributed by atoms with Crippen molar-refractivity contribution in [3.63, 3.8) is 0 Å². The first-order chi connectivity index (χ1) is 16.5. The zero-order chi connectivity index (χ0) is 23.7. The molecule has 34 heavy (non-hydrogen) atoms. The predicted molar refractivity (Wildman–Crippen MR) is 134 cm³/mol. The largest absolute Gasteiger partial charge is 0.454 e. The molecule has 2 fully saturated rings. The van der Waals surface area contributed by atoms with E-state index in [-0.39, 0.29) is 24.0 Å². The van der Waals surface area contributed by atoms with Gasteiger partial charge in [-0.1, -0.05) is 48.5 Å². The lowest BCUT2D eigenvalue weighted by Crippen LogP contribution is -2.51. The van der Waals surface area contributed by atoms with Crippen LogP contribution in [-0.2, 0) is 11.3 Å². The smallest absolute Gasteiger partial charge is 0.256 e. The molecule has 180 valence electrons. The van der Waals surface area contributed by atoms with E-state index in [9.17, 15) is 9.59 Å². The Morgan fingerprint density at radius 2 is 1.82 bits per heavy atom.